The van der Waals surface area contributed by atoms with Crippen LogP contribution >= 0.6 is 21.4 Å². The third kappa shape index (κ3) is 5.48. The van der Waals surface area contributed by atoms with E-state index in [2.05, 4.69) is 265 Å². The lowest BCUT2D eigenvalue weighted by Gasteiger charge is -2.50. The van der Waals surface area contributed by atoms with E-state index in [1.807, 2.05) is 11.3 Å². The van der Waals surface area contributed by atoms with E-state index in [9.17, 15) is 0 Å². The number of hydrogen-bond donors (Lipinski definition) is 0. The maximum atomic E-state index is 2.50. The van der Waals surface area contributed by atoms with Gasteiger partial charge in [0.15, 0.2) is 0 Å². The minimum absolute atomic E-state index is 0.585. The quantitative estimate of drug-likeness (QED) is 0.164. The summed E-state index contributed by atoms with van der Waals surface area (Å²) >= 11 is 1.88. The molecule has 0 radical (unpaired) electrons. The molecule has 2 aliphatic heterocycles. The molecule has 0 saturated carbocycles. The summed E-state index contributed by atoms with van der Waals surface area (Å²) in [5.41, 5.74) is 11.4. The zero-order valence-corrected chi connectivity index (χ0v) is 37.1. The topological polar surface area (TPSA) is 6.48 Å². The molecule has 11 aromatic rings. The molecule has 10 aromatic carbocycles. The fraction of sp³-hybridized carbons (Fsp3) is 0.0164. The van der Waals surface area contributed by atoms with Crippen molar-refractivity contribution in [2.24, 2.45) is 0 Å². The zero-order chi connectivity index (χ0) is 43.0. The van der Waals surface area contributed by atoms with Crippen LogP contribution in [0.2, 0.25) is 0 Å². The summed E-state index contributed by atoms with van der Waals surface area (Å²) < 4.78 is 2.62. The maximum Gasteiger partial charge on any atom is 0.0742 e. The van der Waals surface area contributed by atoms with Crippen molar-refractivity contribution in [1.29, 1.82) is 0 Å². The van der Waals surface area contributed by atoms with E-state index < -0.39 is 15.4 Å². The van der Waals surface area contributed by atoms with Crippen molar-refractivity contribution in [1.82, 2.24) is 0 Å². The number of benzene rings is 10. The predicted octanol–water partition coefficient (Wildman–Crippen LogP) is 17.3. The lowest BCUT2D eigenvalue weighted by atomic mass is 9.62. The van der Waals surface area contributed by atoms with E-state index in [4.69, 9.17) is 0 Å². The lowest BCUT2D eigenvalue weighted by Crippen LogP contribution is -2.37. The molecule has 308 valence electrons. The summed E-state index contributed by atoms with van der Waals surface area (Å²) in [5, 5.41) is 2.62. The minimum atomic E-state index is -1.86. The highest BCUT2D eigenvalue weighted by Crippen LogP contribution is 2.79. The lowest BCUT2D eigenvalue weighted by molar-refractivity contribution is 0.732. The molecular weight excluding hydrogens is 825 g/mol. The second kappa shape index (κ2) is 15.0. The summed E-state index contributed by atoms with van der Waals surface area (Å²) in [6.45, 7) is 0. The van der Waals surface area contributed by atoms with Crippen LogP contribution in [0, 0.1) is 0 Å². The Bertz CT molecular complexity index is 3440. The van der Waals surface area contributed by atoms with E-state index in [0.29, 0.717) is 0 Å². The maximum absolute atomic E-state index is 2.50. The molecule has 3 heterocycles. The van der Waals surface area contributed by atoms with Gasteiger partial charge in [-0.2, -0.15) is 0 Å². The third-order valence-electron chi connectivity index (χ3n) is 13.5. The number of para-hydroxylation sites is 4. The molecule has 0 fully saturated rings. The number of thiophene rings is 1. The van der Waals surface area contributed by atoms with E-state index in [0.717, 1.165) is 11.4 Å². The van der Waals surface area contributed by atoms with Crippen molar-refractivity contribution in [3.05, 3.63) is 277 Å². The van der Waals surface area contributed by atoms with Crippen LogP contribution < -0.4 is 9.80 Å². The molecule has 2 nitrogen and oxygen atoms in total. The van der Waals surface area contributed by atoms with Gasteiger partial charge < -0.3 is 9.80 Å². The van der Waals surface area contributed by atoms with Crippen molar-refractivity contribution in [2.75, 3.05) is 9.80 Å². The molecule has 65 heavy (non-hydrogen) atoms. The van der Waals surface area contributed by atoms with Gasteiger partial charge in [-0.25, -0.2) is 0 Å². The van der Waals surface area contributed by atoms with E-state index >= 15 is 0 Å². The molecule has 0 atom stereocenters. The van der Waals surface area contributed by atoms with Crippen molar-refractivity contribution >= 4 is 75.7 Å². The Morgan fingerprint density at radius 2 is 0.785 bits per heavy atom. The largest absolute Gasteiger partial charge is 0.310 e. The number of nitrogens with zero attached hydrogens (tertiary/aromatic N) is 2. The Hall–Kier alpha value is -7.63. The summed E-state index contributed by atoms with van der Waals surface area (Å²) in [7, 11) is -1.86. The highest BCUT2D eigenvalue weighted by Gasteiger charge is 2.47. The first-order valence-corrected chi connectivity index (χ1v) is 24.7. The average Bonchev–Trinajstić information content (AvgIpc) is 3.76. The zero-order valence-electron chi connectivity index (χ0n) is 35.5. The van der Waals surface area contributed by atoms with Gasteiger partial charge in [-0.05, 0) is 113 Å². The van der Waals surface area contributed by atoms with Crippen LogP contribution in [0.25, 0.3) is 20.2 Å². The van der Waals surface area contributed by atoms with E-state index in [1.165, 1.54) is 84.8 Å². The Labute approximate surface area is 385 Å². The van der Waals surface area contributed by atoms with Gasteiger partial charge in [0.05, 0.1) is 28.2 Å². The Morgan fingerprint density at radius 3 is 1.38 bits per heavy atom. The standard InChI is InChI=1S/C61H42N2S2/c1-4-21-43(22-5-1)61(44-39-40-50-49-29-10-17-36-57(49)64-58(50)41-44)51-30-11-13-32-53(51)62(54-33-14-12-31-52(54)61)45-23-20-24-46(42-45)63-55-34-15-18-37-59(55)65(47-25-6-2-7-26-47,48-27-8-3-9-28-48)60-38-19-16-35-56(60)63/h1-42H. The number of hydrogen-bond acceptors (Lipinski definition) is 3. The predicted molar refractivity (Wildman–Crippen MR) is 274 cm³/mol. The van der Waals surface area contributed by atoms with Gasteiger partial charge in [-0.3, -0.25) is 0 Å². The second-order valence-corrected chi connectivity index (χ2v) is 21.0. The van der Waals surface area contributed by atoms with Crippen LogP contribution in [0.3, 0.4) is 0 Å². The van der Waals surface area contributed by atoms with Gasteiger partial charge >= 0.3 is 0 Å². The molecular formula is C61H42N2S2. The van der Waals surface area contributed by atoms with Crippen LogP contribution in [0.1, 0.15) is 22.3 Å². The van der Waals surface area contributed by atoms with Crippen LogP contribution in [-0.2, 0) is 5.41 Å². The molecule has 2 aliphatic rings. The Morgan fingerprint density at radius 1 is 0.323 bits per heavy atom. The van der Waals surface area contributed by atoms with Gasteiger partial charge in [0, 0.05) is 51.1 Å². The fourth-order valence-electron chi connectivity index (χ4n) is 11.0. The normalized spacial score (nSPS) is 14.8. The summed E-state index contributed by atoms with van der Waals surface area (Å²) in [5.74, 6) is 0. The van der Waals surface area contributed by atoms with Crippen LogP contribution in [0.15, 0.2) is 274 Å². The first-order chi connectivity index (χ1) is 32.3. The SMILES string of the molecule is c1ccc(C2(c3ccc4c(c3)sc3ccccc34)c3ccccc3N(c3cccc(N4c5ccccc5S(c5ccccc5)(c5ccccc5)c5ccccc54)c3)c3ccccc32)cc1. The summed E-state index contributed by atoms with van der Waals surface area (Å²) in [4.78, 5) is 10.3. The van der Waals surface area contributed by atoms with Crippen molar-refractivity contribution < 1.29 is 0 Å². The highest BCUT2D eigenvalue weighted by molar-refractivity contribution is 8.34. The molecule has 0 unspecified atom stereocenters. The smallest absolute Gasteiger partial charge is 0.0742 e. The summed E-state index contributed by atoms with van der Waals surface area (Å²) in [6, 6.07) is 95.0. The fourth-order valence-corrected chi connectivity index (χ4v) is 16.3. The van der Waals surface area contributed by atoms with Crippen LogP contribution in [0.5, 0.6) is 0 Å². The van der Waals surface area contributed by atoms with E-state index in [1.54, 1.807) is 0 Å². The molecule has 4 heteroatoms. The molecule has 0 spiro atoms. The van der Waals surface area contributed by atoms with Gasteiger partial charge in [0.25, 0.3) is 0 Å². The number of anilines is 6. The second-order valence-electron chi connectivity index (χ2n) is 16.8. The summed E-state index contributed by atoms with van der Waals surface area (Å²) in [6.07, 6.45) is 0. The monoisotopic (exact) mass is 866 g/mol. The molecule has 13 rings (SSSR count). The molecule has 0 bridgehead atoms. The minimum Gasteiger partial charge on any atom is -0.310 e. The Kier molecular flexibility index (Phi) is 8.74. The van der Waals surface area contributed by atoms with Gasteiger partial charge in [0.1, 0.15) is 0 Å². The third-order valence-corrected chi connectivity index (χ3v) is 18.6. The molecule has 1 aromatic heterocycles. The molecule has 0 N–H and O–H groups in total. The number of fused-ring (bicyclic) bond motifs is 7. The van der Waals surface area contributed by atoms with Crippen molar-refractivity contribution in [3.8, 4) is 0 Å². The van der Waals surface area contributed by atoms with Crippen LogP contribution in [-0.4, -0.2) is 0 Å². The molecule has 0 aliphatic carbocycles. The average molecular weight is 867 g/mol. The first kappa shape index (κ1) is 37.9. The molecule has 0 saturated heterocycles. The van der Waals surface area contributed by atoms with Gasteiger partial charge in [0.2, 0.25) is 0 Å². The Balaban J connectivity index is 1.03. The van der Waals surface area contributed by atoms with Crippen molar-refractivity contribution in [3.63, 3.8) is 0 Å². The number of rotatable bonds is 6. The van der Waals surface area contributed by atoms with Crippen LogP contribution in [0.4, 0.5) is 34.1 Å². The molecule has 0 amide bonds. The van der Waals surface area contributed by atoms with Gasteiger partial charge in [-0.15, -0.1) is 21.4 Å². The van der Waals surface area contributed by atoms with Gasteiger partial charge in [-0.1, -0.05) is 164 Å². The highest BCUT2D eigenvalue weighted by atomic mass is 32.3. The van der Waals surface area contributed by atoms with E-state index in [-0.39, 0.29) is 0 Å². The first-order valence-electron chi connectivity index (χ1n) is 22.2. The van der Waals surface area contributed by atoms with Crippen molar-refractivity contribution in [2.45, 2.75) is 25.0 Å².